The van der Waals surface area contributed by atoms with Crippen LogP contribution in [0.2, 0.25) is 5.02 Å². The fourth-order valence-electron chi connectivity index (χ4n) is 3.13. The second-order valence-corrected chi connectivity index (χ2v) is 6.81. The van der Waals surface area contributed by atoms with Crippen LogP contribution in [-0.2, 0) is 0 Å². The third kappa shape index (κ3) is 2.27. The van der Waals surface area contributed by atoms with Crippen molar-refractivity contribution in [2.75, 3.05) is 19.8 Å². The monoisotopic (exact) mass is 293 g/mol. The van der Waals surface area contributed by atoms with Gasteiger partial charge in [-0.1, -0.05) is 18.0 Å². The minimum absolute atomic E-state index is 0.273. The van der Waals surface area contributed by atoms with Crippen molar-refractivity contribution >= 4 is 11.6 Å². The minimum atomic E-state index is 0.273. The molecule has 1 saturated carbocycles. The van der Waals surface area contributed by atoms with Gasteiger partial charge in [-0.05, 0) is 43.9 Å². The van der Waals surface area contributed by atoms with Gasteiger partial charge in [-0.25, -0.2) is 0 Å². The number of ether oxygens (including phenoxy) is 2. The Balaban J connectivity index is 1.63. The number of nitrogens with one attached hydrogen (secondary N) is 1. The van der Waals surface area contributed by atoms with Crippen LogP contribution < -0.4 is 14.8 Å². The number of fused-ring (bicyclic) bond motifs is 1. The molecular weight excluding hydrogens is 274 g/mol. The summed E-state index contributed by atoms with van der Waals surface area (Å²) in [6, 6.07) is 4.37. The van der Waals surface area contributed by atoms with E-state index in [9.17, 15) is 0 Å². The molecule has 1 unspecified atom stereocenters. The van der Waals surface area contributed by atoms with Crippen molar-refractivity contribution in [2.45, 2.75) is 38.1 Å². The van der Waals surface area contributed by atoms with Gasteiger partial charge in [-0.15, -0.1) is 0 Å². The predicted molar refractivity (Wildman–Crippen MR) is 78.7 cm³/mol. The molecule has 1 aromatic rings. The molecule has 1 aromatic carbocycles. The first-order valence-corrected chi connectivity index (χ1v) is 7.96. The van der Waals surface area contributed by atoms with Crippen molar-refractivity contribution in [3.63, 3.8) is 0 Å². The highest BCUT2D eigenvalue weighted by molar-refractivity contribution is 6.31. The first-order valence-electron chi connectivity index (χ1n) is 7.58. The average Bonchev–Trinajstić information content (AvgIpc) is 3.27. The zero-order chi connectivity index (χ0) is 13.6. The van der Waals surface area contributed by atoms with Gasteiger partial charge < -0.3 is 14.8 Å². The Morgan fingerprint density at radius 2 is 1.85 bits per heavy atom. The molecule has 0 radical (unpaired) electrons. The number of halogens is 1. The van der Waals surface area contributed by atoms with Crippen LogP contribution in [0, 0.1) is 5.41 Å². The second kappa shape index (κ2) is 4.81. The predicted octanol–water partition coefficient (Wildman–Crippen LogP) is 3.71. The van der Waals surface area contributed by atoms with Gasteiger partial charge in [-0.2, -0.15) is 0 Å². The summed E-state index contributed by atoms with van der Waals surface area (Å²) in [4.78, 5) is 0. The lowest BCUT2D eigenvalue weighted by molar-refractivity contribution is 0.197. The average molecular weight is 294 g/mol. The molecule has 2 fully saturated rings. The molecule has 1 N–H and O–H groups in total. The fraction of sp³-hybridized carbons (Fsp3) is 0.625. The largest absolute Gasteiger partial charge is 0.489 e. The molecule has 1 spiro atoms. The molecule has 2 heterocycles. The van der Waals surface area contributed by atoms with E-state index in [0.29, 0.717) is 6.04 Å². The van der Waals surface area contributed by atoms with Crippen LogP contribution in [0.3, 0.4) is 0 Å². The van der Waals surface area contributed by atoms with E-state index in [-0.39, 0.29) is 5.41 Å². The molecular formula is C16H20ClNO2. The SMILES string of the molecule is Clc1cc2c(cc1C1CCCCN1)OCC1(CC1)CO2. The molecule has 3 nitrogen and oxygen atoms in total. The van der Waals surface area contributed by atoms with Gasteiger partial charge in [-0.3, -0.25) is 0 Å². The molecule has 3 aliphatic rings. The summed E-state index contributed by atoms with van der Waals surface area (Å²) < 4.78 is 11.9. The molecule has 4 heteroatoms. The zero-order valence-electron chi connectivity index (χ0n) is 11.6. The first kappa shape index (κ1) is 12.8. The molecule has 20 heavy (non-hydrogen) atoms. The van der Waals surface area contributed by atoms with E-state index >= 15 is 0 Å². The maximum atomic E-state index is 6.46. The van der Waals surface area contributed by atoms with Gasteiger partial charge in [0.2, 0.25) is 0 Å². The molecule has 0 aromatic heterocycles. The summed E-state index contributed by atoms with van der Waals surface area (Å²) >= 11 is 6.46. The maximum absolute atomic E-state index is 6.46. The van der Waals surface area contributed by atoms with Gasteiger partial charge in [0.25, 0.3) is 0 Å². The van der Waals surface area contributed by atoms with Crippen molar-refractivity contribution in [2.24, 2.45) is 5.41 Å². The Morgan fingerprint density at radius 1 is 1.10 bits per heavy atom. The fourth-order valence-corrected chi connectivity index (χ4v) is 3.41. The lowest BCUT2D eigenvalue weighted by Gasteiger charge is -2.25. The second-order valence-electron chi connectivity index (χ2n) is 6.40. The summed E-state index contributed by atoms with van der Waals surface area (Å²) in [6.45, 7) is 2.61. The molecule has 0 bridgehead atoms. The van der Waals surface area contributed by atoms with E-state index in [1.54, 1.807) is 0 Å². The van der Waals surface area contributed by atoms with Crippen LogP contribution >= 0.6 is 11.6 Å². The Hall–Kier alpha value is -0.930. The van der Waals surface area contributed by atoms with Crippen LogP contribution in [0.25, 0.3) is 0 Å². The zero-order valence-corrected chi connectivity index (χ0v) is 12.3. The maximum Gasteiger partial charge on any atom is 0.162 e. The van der Waals surface area contributed by atoms with Gasteiger partial charge >= 0.3 is 0 Å². The number of benzene rings is 1. The van der Waals surface area contributed by atoms with E-state index < -0.39 is 0 Å². The van der Waals surface area contributed by atoms with Crippen molar-refractivity contribution < 1.29 is 9.47 Å². The Morgan fingerprint density at radius 3 is 2.50 bits per heavy atom. The third-order valence-corrected chi connectivity index (χ3v) is 5.10. The Kier molecular flexibility index (Phi) is 3.08. The summed E-state index contributed by atoms with van der Waals surface area (Å²) in [7, 11) is 0. The van der Waals surface area contributed by atoms with Crippen molar-refractivity contribution in [1.82, 2.24) is 5.32 Å². The quantitative estimate of drug-likeness (QED) is 0.856. The smallest absolute Gasteiger partial charge is 0.162 e. The van der Waals surface area contributed by atoms with Crippen molar-refractivity contribution in [1.29, 1.82) is 0 Å². The number of hydrogen-bond donors (Lipinski definition) is 1. The van der Waals surface area contributed by atoms with Crippen molar-refractivity contribution in [3.05, 3.63) is 22.7 Å². The number of piperidine rings is 1. The molecule has 0 amide bonds. The number of hydrogen-bond acceptors (Lipinski definition) is 3. The normalized spacial score (nSPS) is 27.1. The topological polar surface area (TPSA) is 30.5 Å². The molecule has 1 atom stereocenters. The van der Waals surface area contributed by atoms with Gasteiger partial charge in [0, 0.05) is 22.5 Å². The van der Waals surface area contributed by atoms with E-state index in [1.165, 1.54) is 25.7 Å². The van der Waals surface area contributed by atoms with Crippen LogP contribution in [0.4, 0.5) is 0 Å². The summed E-state index contributed by atoms with van der Waals surface area (Å²) in [5, 5.41) is 4.34. The number of rotatable bonds is 1. The van der Waals surface area contributed by atoms with E-state index in [1.807, 2.05) is 6.07 Å². The van der Waals surface area contributed by atoms with Gasteiger partial charge in [0.05, 0.1) is 13.2 Å². The highest BCUT2D eigenvalue weighted by Crippen LogP contribution is 2.50. The lowest BCUT2D eigenvalue weighted by atomic mass is 9.97. The van der Waals surface area contributed by atoms with Crippen LogP contribution in [0.15, 0.2) is 12.1 Å². The van der Waals surface area contributed by atoms with E-state index in [4.69, 9.17) is 21.1 Å². The molecule has 2 aliphatic heterocycles. The lowest BCUT2D eigenvalue weighted by Crippen LogP contribution is -2.27. The minimum Gasteiger partial charge on any atom is -0.489 e. The molecule has 4 rings (SSSR count). The third-order valence-electron chi connectivity index (χ3n) is 4.77. The van der Waals surface area contributed by atoms with Crippen LogP contribution in [-0.4, -0.2) is 19.8 Å². The van der Waals surface area contributed by atoms with Crippen molar-refractivity contribution in [3.8, 4) is 11.5 Å². The summed E-state index contributed by atoms with van der Waals surface area (Å²) in [6.07, 6.45) is 6.08. The summed E-state index contributed by atoms with van der Waals surface area (Å²) in [5.41, 5.74) is 1.43. The Bertz CT molecular complexity index is 521. The highest BCUT2D eigenvalue weighted by atomic mass is 35.5. The molecule has 1 saturated heterocycles. The van der Waals surface area contributed by atoms with Gasteiger partial charge in [0.1, 0.15) is 0 Å². The van der Waals surface area contributed by atoms with Crippen LogP contribution in [0.1, 0.15) is 43.7 Å². The van der Waals surface area contributed by atoms with Gasteiger partial charge in [0.15, 0.2) is 11.5 Å². The Labute approximate surface area is 124 Å². The van der Waals surface area contributed by atoms with Crippen LogP contribution in [0.5, 0.6) is 11.5 Å². The highest BCUT2D eigenvalue weighted by Gasteiger charge is 2.46. The van der Waals surface area contributed by atoms with E-state index in [2.05, 4.69) is 11.4 Å². The van der Waals surface area contributed by atoms with E-state index in [0.717, 1.165) is 48.3 Å². The summed E-state index contributed by atoms with van der Waals surface area (Å²) in [5.74, 6) is 1.67. The standard InChI is InChI=1S/C16H20ClNO2/c17-12-8-15-14(19-9-16(4-5-16)10-20-15)7-11(12)13-3-1-2-6-18-13/h7-8,13,18H,1-6,9-10H2. The molecule has 108 valence electrons. The molecule has 1 aliphatic carbocycles. The first-order chi connectivity index (χ1) is 9.76.